The van der Waals surface area contributed by atoms with E-state index in [1.54, 1.807) is 11.8 Å². The molecule has 1 atom stereocenters. The van der Waals surface area contributed by atoms with Gasteiger partial charge in [0.15, 0.2) is 0 Å². The van der Waals surface area contributed by atoms with E-state index < -0.39 is 0 Å². The van der Waals surface area contributed by atoms with Crippen molar-refractivity contribution in [2.24, 2.45) is 0 Å². The molecule has 1 aromatic carbocycles. The van der Waals surface area contributed by atoms with Gasteiger partial charge in [0.1, 0.15) is 16.9 Å². The van der Waals surface area contributed by atoms with Crippen LogP contribution in [0.1, 0.15) is 12.6 Å². The number of nitrogens with zero attached hydrogens (tertiary/aromatic N) is 4. The van der Waals surface area contributed by atoms with Gasteiger partial charge in [-0.1, -0.05) is 23.2 Å². The quantitative estimate of drug-likeness (QED) is 0.670. The van der Waals surface area contributed by atoms with Crippen LogP contribution in [-0.2, 0) is 11.3 Å². The van der Waals surface area contributed by atoms with Crippen LogP contribution in [0.3, 0.4) is 0 Å². The van der Waals surface area contributed by atoms with Crippen LogP contribution in [0.15, 0.2) is 22.8 Å². The van der Waals surface area contributed by atoms with Gasteiger partial charge in [0.05, 0.1) is 22.8 Å². The maximum absolute atomic E-state index is 12.8. The number of aromatic nitrogens is 2. The number of halogens is 3. The van der Waals surface area contributed by atoms with E-state index in [2.05, 4.69) is 25.9 Å². The molecule has 0 bridgehead atoms. The summed E-state index contributed by atoms with van der Waals surface area (Å²) in [7, 11) is 1.60. The van der Waals surface area contributed by atoms with Gasteiger partial charge < -0.3 is 14.5 Å². The standard InChI is InChI=1S/C18H21BrCl2N4O2/c1-11-9-23(13-4-5-14(20)15(8-13)27-3)6-7-24(11)16(26)10-25-18(19)17(21)12(2)22-25/h4-5,8,11H,6-7,9-10H2,1-3H3/t11-/m0/s1. The SMILES string of the molecule is COc1cc(N2CCN(C(=O)Cn3nc(C)c(Cl)c3Br)[C@@H](C)C2)ccc1Cl. The Morgan fingerprint density at radius 2 is 2.11 bits per heavy atom. The van der Waals surface area contributed by atoms with Gasteiger partial charge in [-0.15, -0.1) is 0 Å². The molecule has 0 spiro atoms. The number of ether oxygens (including phenoxy) is 1. The Morgan fingerprint density at radius 1 is 1.37 bits per heavy atom. The molecule has 1 aromatic heterocycles. The summed E-state index contributed by atoms with van der Waals surface area (Å²) in [5, 5.41) is 5.44. The smallest absolute Gasteiger partial charge is 0.244 e. The molecular weight excluding hydrogens is 455 g/mol. The highest BCUT2D eigenvalue weighted by molar-refractivity contribution is 9.10. The zero-order valence-electron chi connectivity index (χ0n) is 15.4. The van der Waals surface area contributed by atoms with Crippen molar-refractivity contribution >= 4 is 50.7 Å². The summed E-state index contributed by atoms with van der Waals surface area (Å²) in [6.07, 6.45) is 0. The molecule has 0 unspecified atom stereocenters. The summed E-state index contributed by atoms with van der Waals surface area (Å²) < 4.78 is 7.54. The molecule has 0 aliphatic carbocycles. The van der Waals surface area contributed by atoms with Crippen molar-refractivity contribution in [2.45, 2.75) is 26.4 Å². The van der Waals surface area contributed by atoms with E-state index in [1.807, 2.05) is 36.9 Å². The van der Waals surface area contributed by atoms with Crippen LogP contribution < -0.4 is 9.64 Å². The van der Waals surface area contributed by atoms with E-state index in [9.17, 15) is 4.79 Å². The Labute approximate surface area is 177 Å². The fraction of sp³-hybridized carbons (Fsp3) is 0.444. The van der Waals surface area contributed by atoms with E-state index in [4.69, 9.17) is 27.9 Å². The Hall–Kier alpha value is -1.44. The molecule has 0 saturated carbocycles. The lowest BCUT2D eigenvalue weighted by atomic mass is 10.1. The van der Waals surface area contributed by atoms with E-state index >= 15 is 0 Å². The molecular formula is C18H21BrCl2N4O2. The molecule has 27 heavy (non-hydrogen) atoms. The molecule has 1 aliphatic heterocycles. The average Bonchev–Trinajstić information content (AvgIpc) is 2.88. The van der Waals surface area contributed by atoms with E-state index in [0.29, 0.717) is 32.6 Å². The minimum absolute atomic E-state index is 0.0238. The number of hydrogen-bond donors (Lipinski definition) is 0. The summed E-state index contributed by atoms with van der Waals surface area (Å²) >= 11 is 15.6. The van der Waals surface area contributed by atoms with Gasteiger partial charge >= 0.3 is 0 Å². The predicted octanol–water partition coefficient (Wildman–Crippen LogP) is 4.01. The second kappa shape index (κ2) is 8.29. The molecule has 1 fully saturated rings. The Bertz CT molecular complexity index is 858. The molecule has 0 N–H and O–H groups in total. The Balaban J connectivity index is 1.67. The molecule has 2 heterocycles. The Morgan fingerprint density at radius 3 is 2.70 bits per heavy atom. The van der Waals surface area contributed by atoms with Gasteiger partial charge in [-0.3, -0.25) is 4.79 Å². The topological polar surface area (TPSA) is 50.6 Å². The molecule has 0 radical (unpaired) electrons. The van der Waals surface area contributed by atoms with Gasteiger partial charge in [0.2, 0.25) is 5.91 Å². The van der Waals surface area contributed by atoms with Gasteiger partial charge in [-0.2, -0.15) is 5.10 Å². The minimum Gasteiger partial charge on any atom is -0.495 e. The van der Waals surface area contributed by atoms with Crippen molar-refractivity contribution in [2.75, 3.05) is 31.6 Å². The third-order valence-electron chi connectivity index (χ3n) is 4.73. The molecule has 3 rings (SSSR count). The summed E-state index contributed by atoms with van der Waals surface area (Å²) in [6.45, 7) is 6.13. The maximum Gasteiger partial charge on any atom is 0.244 e. The second-order valence-electron chi connectivity index (χ2n) is 6.55. The zero-order chi connectivity index (χ0) is 19.7. The number of rotatable bonds is 4. The fourth-order valence-corrected chi connectivity index (χ4v) is 4.08. The summed E-state index contributed by atoms with van der Waals surface area (Å²) in [4.78, 5) is 16.9. The van der Waals surface area contributed by atoms with Crippen molar-refractivity contribution in [3.8, 4) is 5.75 Å². The number of aryl methyl sites for hydroxylation is 1. The van der Waals surface area contributed by atoms with Crippen LogP contribution in [0.25, 0.3) is 0 Å². The number of benzene rings is 1. The van der Waals surface area contributed by atoms with Gasteiger partial charge in [-0.25, -0.2) is 4.68 Å². The summed E-state index contributed by atoms with van der Waals surface area (Å²) in [5.41, 5.74) is 1.73. The number of anilines is 1. The maximum atomic E-state index is 12.8. The first-order chi connectivity index (χ1) is 12.8. The van der Waals surface area contributed by atoms with Crippen molar-refractivity contribution in [1.29, 1.82) is 0 Å². The number of piperazine rings is 1. The van der Waals surface area contributed by atoms with Crippen LogP contribution in [0.5, 0.6) is 5.75 Å². The van der Waals surface area contributed by atoms with E-state index in [0.717, 1.165) is 18.8 Å². The van der Waals surface area contributed by atoms with Crippen LogP contribution in [0.4, 0.5) is 5.69 Å². The van der Waals surface area contributed by atoms with Crippen LogP contribution in [0.2, 0.25) is 10.0 Å². The molecule has 146 valence electrons. The number of hydrogen-bond acceptors (Lipinski definition) is 4. The second-order valence-corrected chi connectivity index (χ2v) is 8.09. The molecule has 6 nitrogen and oxygen atoms in total. The first kappa shape index (κ1) is 20.3. The van der Waals surface area contributed by atoms with Crippen molar-refractivity contribution in [1.82, 2.24) is 14.7 Å². The molecule has 9 heteroatoms. The third kappa shape index (κ3) is 4.20. The lowest BCUT2D eigenvalue weighted by molar-refractivity contribution is -0.134. The lowest BCUT2D eigenvalue weighted by Crippen LogP contribution is -2.54. The van der Waals surface area contributed by atoms with Gasteiger partial charge in [0, 0.05) is 37.4 Å². The average molecular weight is 476 g/mol. The summed E-state index contributed by atoms with van der Waals surface area (Å²) in [6, 6.07) is 5.80. The van der Waals surface area contributed by atoms with Gasteiger partial charge in [0.25, 0.3) is 0 Å². The van der Waals surface area contributed by atoms with Crippen LogP contribution in [-0.4, -0.2) is 53.4 Å². The fourth-order valence-electron chi connectivity index (χ4n) is 3.26. The number of carbonyl (C=O) groups excluding carboxylic acids is 1. The minimum atomic E-state index is 0.0238. The number of amides is 1. The van der Waals surface area contributed by atoms with Crippen LogP contribution >= 0.6 is 39.1 Å². The Kier molecular flexibility index (Phi) is 6.23. The van der Waals surface area contributed by atoms with Crippen molar-refractivity contribution < 1.29 is 9.53 Å². The monoisotopic (exact) mass is 474 g/mol. The number of methoxy groups -OCH3 is 1. The van der Waals surface area contributed by atoms with Gasteiger partial charge in [-0.05, 0) is 41.9 Å². The van der Waals surface area contributed by atoms with Crippen LogP contribution in [0, 0.1) is 6.92 Å². The lowest BCUT2D eigenvalue weighted by Gasteiger charge is -2.41. The first-order valence-corrected chi connectivity index (χ1v) is 10.1. The first-order valence-electron chi connectivity index (χ1n) is 8.58. The largest absolute Gasteiger partial charge is 0.495 e. The van der Waals surface area contributed by atoms with E-state index in [-0.39, 0.29) is 18.5 Å². The highest BCUT2D eigenvalue weighted by Crippen LogP contribution is 2.30. The normalized spacial score (nSPS) is 17.3. The van der Waals surface area contributed by atoms with E-state index in [1.165, 1.54) is 0 Å². The molecule has 1 aliphatic rings. The van der Waals surface area contributed by atoms with Crippen molar-refractivity contribution in [3.05, 3.63) is 38.5 Å². The summed E-state index contributed by atoms with van der Waals surface area (Å²) in [5.74, 6) is 0.673. The highest BCUT2D eigenvalue weighted by Gasteiger charge is 2.28. The predicted molar refractivity (Wildman–Crippen MR) is 111 cm³/mol. The molecule has 1 amide bonds. The molecule has 1 saturated heterocycles. The molecule has 2 aromatic rings. The number of carbonyl (C=O) groups is 1. The highest BCUT2D eigenvalue weighted by atomic mass is 79.9. The van der Waals surface area contributed by atoms with Crippen molar-refractivity contribution in [3.63, 3.8) is 0 Å². The zero-order valence-corrected chi connectivity index (χ0v) is 18.5. The third-order valence-corrected chi connectivity index (χ3v) is 6.53.